The first kappa shape index (κ1) is 16.3. The maximum Gasteiger partial charge on any atom is 0.231 e. The van der Waals surface area contributed by atoms with Gasteiger partial charge in [-0.2, -0.15) is 0 Å². The quantitative estimate of drug-likeness (QED) is 0.731. The van der Waals surface area contributed by atoms with Crippen molar-refractivity contribution in [3.8, 4) is 28.5 Å². The molecular formula is C20H21N3O3. The molecule has 1 aromatic heterocycles. The van der Waals surface area contributed by atoms with Gasteiger partial charge in [0.15, 0.2) is 11.5 Å². The van der Waals surface area contributed by atoms with Crippen molar-refractivity contribution in [2.24, 2.45) is 7.05 Å². The summed E-state index contributed by atoms with van der Waals surface area (Å²) in [5.74, 6) is 3.24. The largest absolute Gasteiger partial charge is 0.494 e. The average Bonchev–Trinajstić information content (AvgIpc) is 3.27. The van der Waals surface area contributed by atoms with Crippen molar-refractivity contribution in [3.05, 3.63) is 54.2 Å². The van der Waals surface area contributed by atoms with E-state index < -0.39 is 0 Å². The molecule has 0 saturated heterocycles. The molecule has 0 unspecified atom stereocenters. The predicted octanol–water partition coefficient (Wildman–Crippen LogP) is 3.83. The van der Waals surface area contributed by atoms with Gasteiger partial charge in [0, 0.05) is 24.7 Å². The highest BCUT2D eigenvalue weighted by Gasteiger charge is 2.16. The van der Waals surface area contributed by atoms with Crippen molar-refractivity contribution in [3.63, 3.8) is 0 Å². The lowest BCUT2D eigenvalue weighted by Gasteiger charge is -2.12. The van der Waals surface area contributed by atoms with Gasteiger partial charge in [0.1, 0.15) is 5.75 Å². The van der Waals surface area contributed by atoms with Crippen LogP contribution in [0.15, 0.2) is 48.7 Å². The second-order valence-electron chi connectivity index (χ2n) is 5.99. The number of ether oxygens (including phenoxy) is 3. The number of imidazole rings is 1. The number of fused-ring (bicyclic) bond motifs is 1. The zero-order chi connectivity index (χ0) is 17.9. The molecule has 0 atom stereocenters. The molecule has 6 heteroatoms. The van der Waals surface area contributed by atoms with Gasteiger partial charge in [-0.1, -0.05) is 18.2 Å². The second kappa shape index (κ2) is 7.00. The Morgan fingerprint density at radius 3 is 2.88 bits per heavy atom. The van der Waals surface area contributed by atoms with Crippen molar-refractivity contribution < 1.29 is 14.2 Å². The zero-order valence-electron chi connectivity index (χ0n) is 14.9. The number of benzene rings is 2. The second-order valence-corrected chi connectivity index (χ2v) is 5.99. The minimum Gasteiger partial charge on any atom is -0.494 e. The van der Waals surface area contributed by atoms with E-state index in [0.717, 1.165) is 40.0 Å². The molecule has 0 amide bonds. The predicted molar refractivity (Wildman–Crippen MR) is 99.7 cm³/mol. The minimum absolute atomic E-state index is 0.274. The number of rotatable bonds is 6. The van der Waals surface area contributed by atoms with E-state index in [0.29, 0.717) is 13.2 Å². The molecular weight excluding hydrogens is 330 g/mol. The number of nitrogens with zero attached hydrogens (tertiary/aromatic N) is 2. The average molecular weight is 351 g/mol. The van der Waals surface area contributed by atoms with Crippen LogP contribution < -0.4 is 19.5 Å². The van der Waals surface area contributed by atoms with Crippen LogP contribution in [0.5, 0.6) is 17.2 Å². The fourth-order valence-corrected chi connectivity index (χ4v) is 3.02. The van der Waals surface area contributed by atoms with Gasteiger partial charge in [-0.3, -0.25) is 0 Å². The van der Waals surface area contributed by atoms with Crippen LogP contribution in [0.4, 0.5) is 5.95 Å². The highest BCUT2D eigenvalue weighted by atomic mass is 16.7. The molecule has 0 spiro atoms. The summed E-state index contributed by atoms with van der Waals surface area (Å²) in [6.45, 7) is 3.55. The van der Waals surface area contributed by atoms with Gasteiger partial charge in [0.25, 0.3) is 0 Å². The van der Waals surface area contributed by atoms with Gasteiger partial charge in [0.05, 0.1) is 18.5 Å². The van der Waals surface area contributed by atoms with Crippen molar-refractivity contribution in [1.82, 2.24) is 9.55 Å². The number of hydrogen-bond acceptors (Lipinski definition) is 5. The van der Waals surface area contributed by atoms with Crippen LogP contribution in [0, 0.1) is 0 Å². The molecule has 1 aliphatic rings. The Hall–Kier alpha value is -3.15. The third kappa shape index (κ3) is 3.06. The highest BCUT2D eigenvalue weighted by molar-refractivity contribution is 5.66. The van der Waals surface area contributed by atoms with Crippen LogP contribution in [0.1, 0.15) is 12.5 Å². The van der Waals surface area contributed by atoms with Gasteiger partial charge in [-0.25, -0.2) is 4.98 Å². The van der Waals surface area contributed by atoms with Gasteiger partial charge in [0.2, 0.25) is 12.7 Å². The van der Waals surface area contributed by atoms with Crippen LogP contribution in [0.3, 0.4) is 0 Å². The van der Waals surface area contributed by atoms with Crippen molar-refractivity contribution in [1.29, 1.82) is 0 Å². The summed E-state index contributed by atoms with van der Waals surface area (Å²) >= 11 is 0. The van der Waals surface area contributed by atoms with Crippen molar-refractivity contribution >= 4 is 5.95 Å². The molecule has 0 bridgehead atoms. The minimum atomic E-state index is 0.274. The molecule has 2 heterocycles. The topological polar surface area (TPSA) is 57.5 Å². The third-order valence-electron chi connectivity index (χ3n) is 4.37. The summed E-state index contributed by atoms with van der Waals surface area (Å²) in [6, 6.07) is 13.9. The maximum atomic E-state index is 5.68. The fraction of sp³-hybridized carbons (Fsp3) is 0.250. The number of para-hydroxylation sites is 1. The zero-order valence-corrected chi connectivity index (χ0v) is 14.9. The standard InChI is InChI=1S/C20H21N3O3/c1-3-24-17-7-5-4-6-15(17)11-21-20-22-12-16(23(20)2)14-8-9-18-19(10-14)26-13-25-18/h4-10,12H,3,11,13H2,1-2H3,(H,21,22). The van der Waals surface area contributed by atoms with E-state index in [1.807, 2.05) is 61.1 Å². The van der Waals surface area contributed by atoms with E-state index >= 15 is 0 Å². The molecule has 1 aliphatic heterocycles. The number of nitrogens with one attached hydrogen (secondary N) is 1. The summed E-state index contributed by atoms with van der Waals surface area (Å²) in [6.07, 6.45) is 1.86. The molecule has 6 nitrogen and oxygen atoms in total. The molecule has 2 aromatic carbocycles. The normalized spacial score (nSPS) is 12.2. The van der Waals surface area contributed by atoms with E-state index in [4.69, 9.17) is 14.2 Å². The number of hydrogen-bond donors (Lipinski definition) is 1. The monoisotopic (exact) mass is 351 g/mol. The Kier molecular flexibility index (Phi) is 4.39. The van der Waals surface area contributed by atoms with Gasteiger partial charge in [-0.15, -0.1) is 0 Å². The Morgan fingerprint density at radius 2 is 2.00 bits per heavy atom. The third-order valence-corrected chi connectivity index (χ3v) is 4.37. The first-order valence-corrected chi connectivity index (χ1v) is 8.62. The van der Waals surface area contributed by atoms with Crippen LogP contribution in [-0.4, -0.2) is 23.0 Å². The highest BCUT2D eigenvalue weighted by Crippen LogP contribution is 2.36. The van der Waals surface area contributed by atoms with E-state index in [1.54, 1.807) is 0 Å². The van der Waals surface area contributed by atoms with Gasteiger partial charge >= 0.3 is 0 Å². The molecule has 0 saturated carbocycles. The van der Waals surface area contributed by atoms with Crippen LogP contribution >= 0.6 is 0 Å². The molecule has 0 aliphatic carbocycles. The van der Waals surface area contributed by atoms with E-state index in [2.05, 4.69) is 16.4 Å². The van der Waals surface area contributed by atoms with Gasteiger partial charge < -0.3 is 24.1 Å². The molecule has 0 radical (unpaired) electrons. The van der Waals surface area contributed by atoms with Crippen LogP contribution in [-0.2, 0) is 13.6 Å². The van der Waals surface area contributed by atoms with Crippen LogP contribution in [0.2, 0.25) is 0 Å². The number of aromatic nitrogens is 2. The Balaban J connectivity index is 1.53. The first-order valence-electron chi connectivity index (χ1n) is 8.62. The molecule has 3 aromatic rings. The smallest absolute Gasteiger partial charge is 0.231 e. The summed E-state index contributed by atoms with van der Waals surface area (Å²) in [4.78, 5) is 4.52. The van der Waals surface area contributed by atoms with Gasteiger partial charge in [-0.05, 0) is 31.2 Å². The summed E-state index contributed by atoms with van der Waals surface area (Å²) in [5, 5.41) is 3.39. The summed E-state index contributed by atoms with van der Waals surface area (Å²) in [7, 11) is 1.99. The number of anilines is 1. The molecule has 4 rings (SSSR count). The molecule has 1 N–H and O–H groups in total. The van der Waals surface area contributed by atoms with E-state index in [1.165, 1.54) is 0 Å². The molecule has 26 heavy (non-hydrogen) atoms. The lowest BCUT2D eigenvalue weighted by Crippen LogP contribution is -2.07. The SMILES string of the molecule is CCOc1ccccc1CNc1ncc(-c2ccc3c(c2)OCO3)n1C. The lowest BCUT2D eigenvalue weighted by molar-refractivity contribution is 0.174. The Labute approximate surface area is 152 Å². The maximum absolute atomic E-state index is 5.68. The van der Waals surface area contributed by atoms with Crippen LogP contribution in [0.25, 0.3) is 11.3 Å². The lowest BCUT2D eigenvalue weighted by atomic mass is 10.1. The summed E-state index contributed by atoms with van der Waals surface area (Å²) in [5.41, 5.74) is 3.14. The van der Waals surface area contributed by atoms with Crippen molar-refractivity contribution in [2.45, 2.75) is 13.5 Å². The van der Waals surface area contributed by atoms with E-state index in [-0.39, 0.29) is 6.79 Å². The van der Waals surface area contributed by atoms with E-state index in [9.17, 15) is 0 Å². The fourth-order valence-electron chi connectivity index (χ4n) is 3.02. The molecule has 0 fully saturated rings. The summed E-state index contributed by atoms with van der Waals surface area (Å²) < 4.78 is 18.6. The molecule has 134 valence electrons. The Morgan fingerprint density at radius 1 is 1.15 bits per heavy atom. The first-order chi connectivity index (χ1) is 12.8. The van der Waals surface area contributed by atoms with Crippen molar-refractivity contribution in [2.75, 3.05) is 18.7 Å². The Bertz CT molecular complexity index is 920.